The summed E-state index contributed by atoms with van der Waals surface area (Å²) in [6.07, 6.45) is 3.85. The Bertz CT molecular complexity index is 1050. The zero-order chi connectivity index (χ0) is 23.5. The Morgan fingerprint density at radius 3 is 1.91 bits per heavy atom. The van der Waals surface area contributed by atoms with E-state index < -0.39 is 18.4 Å². The summed E-state index contributed by atoms with van der Waals surface area (Å²) in [5, 5.41) is 0. The van der Waals surface area contributed by atoms with Gasteiger partial charge in [0.2, 0.25) is 0 Å². The first-order valence-electron chi connectivity index (χ1n) is 12.5. The van der Waals surface area contributed by atoms with Gasteiger partial charge < -0.3 is 0 Å². The number of carbonyl (C=O) groups is 1. The fourth-order valence-corrected chi connectivity index (χ4v) is 26.4. The Kier molecular flexibility index (Phi) is 7.12. The Balaban J connectivity index is 1.84. The van der Waals surface area contributed by atoms with Crippen LogP contribution >= 0.6 is 0 Å². The molecule has 0 saturated heterocycles. The van der Waals surface area contributed by atoms with Crippen molar-refractivity contribution in [2.75, 3.05) is 13.7 Å². The number of methoxy groups -OCH3 is 1. The molecule has 0 radical (unpaired) electrons. The van der Waals surface area contributed by atoms with Crippen molar-refractivity contribution in [2.24, 2.45) is 17.8 Å². The van der Waals surface area contributed by atoms with Crippen LogP contribution in [0.1, 0.15) is 35.9 Å². The van der Waals surface area contributed by atoms with Crippen molar-refractivity contribution in [3.05, 3.63) is 96.6 Å². The molecule has 0 N–H and O–H groups in total. The minimum absolute atomic E-state index is 0.201. The maximum absolute atomic E-state index is 12.7. The van der Waals surface area contributed by atoms with E-state index in [4.69, 9.17) is 9.47 Å². The first kappa shape index (κ1) is 23.6. The number of rotatable bonds is 8. The summed E-state index contributed by atoms with van der Waals surface area (Å²) in [7, 11) is 1.84. The first-order chi connectivity index (χ1) is 16.7. The van der Waals surface area contributed by atoms with Crippen molar-refractivity contribution < 1.29 is 14.3 Å². The third-order valence-electron chi connectivity index (χ3n) is 8.28. The Labute approximate surface area is 207 Å². The van der Waals surface area contributed by atoms with Crippen LogP contribution in [0.3, 0.4) is 0 Å². The number of hydrogen-bond acceptors (Lipinski definition) is 3. The number of hydrogen-bond donors (Lipinski definition) is 0. The van der Waals surface area contributed by atoms with E-state index in [1.165, 1.54) is 26.4 Å². The number of carbonyl (C=O) groups excluding carboxylic acids is 1. The summed E-state index contributed by atoms with van der Waals surface area (Å²) in [4.78, 5) is 12.7. The van der Waals surface area contributed by atoms with E-state index in [1.54, 1.807) is 6.92 Å². The van der Waals surface area contributed by atoms with Crippen LogP contribution in [0.15, 0.2) is 91.0 Å². The van der Waals surface area contributed by atoms with E-state index in [9.17, 15) is 4.79 Å². The van der Waals surface area contributed by atoms with Gasteiger partial charge in [-0.1, -0.05) is 0 Å². The van der Waals surface area contributed by atoms with E-state index in [0.29, 0.717) is 21.7 Å². The van der Waals surface area contributed by atoms with Gasteiger partial charge in [0.25, 0.3) is 0 Å². The number of benzene rings is 3. The minimum atomic E-state index is -3.85. The van der Waals surface area contributed by atoms with Gasteiger partial charge in [-0.2, -0.15) is 0 Å². The van der Waals surface area contributed by atoms with Crippen LogP contribution in [0.5, 0.6) is 0 Å². The Morgan fingerprint density at radius 1 is 0.853 bits per heavy atom. The topological polar surface area (TPSA) is 35.5 Å². The molecule has 3 aromatic carbocycles. The predicted molar refractivity (Wildman–Crippen MR) is 139 cm³/mol. The van der Waals surface area contributed by atoms with Crippen molar-refractivity contribution in [1.82, 2.24) is 0 Å². The van der Waals surface area contributed by atoms with E-state index in [1.807, 2.05) is 13.2 Å². The molecular weight excluding hydrogens is 527 g/mol. The summed E-state index contributed by atoms with van der Waals surface area (Å²) in [6.45, 7) is 2.35. The standard InChI is InChI=1S/C9H9O2.C9H15O.2C6H5.Sn/c1-8(10)11-7-9-5-3-2-4-6-9;1-10-6-9-5-7-2-3-8(9)4-7;2*1-2-4-6-5-3-1;/h2-7H,1H3;5,7-9H,2-4,6H2,1H3;2*1-5H;/t;7-,8+,9+;;;/m.0.../s1. The van der Waals surface area contributed by atoms with E-state index >= 15 is 0 Å². The molecule has 2 bridgehead atoms. The van der Waals surface area contributed by atoms with Crippen LogP contribution < -0.4 is 7.16 Å². The molecular formula is C30H34O3Sn. The first-order valence-corrected chi connectivity index (χ1v) is 18.6. The van der Waals surface area contributed by atoms with Gasteiger partial charge in [0, 0.05) is 0 Å². The molecule has 5 atom stereocenters. The van der Waals surface area contributed by atoms with Crippen LogP contribution in [0.25, 0.3) is 0 Å². The molecule has 0 spiro atoms. The molecule has 3 nitrogen and oxygen atoms in total. The van der Waals surface area contributed by atoms with Crippen LogP contribution in [0.2, 0.25) is 3.93 Å². The third kappa shape index (κ3) is 4.11. The van der Waals surface area contributed by atoms with Crippen LogP contribution in [0, 0.1) is 17.8 Å². The average molecular weight is 561 g/mol. The monoisotopic (exact) mass is 562 g/mol. The molecule has 34 heavy (non-hydrogen) atoms. The van der Waals surface area contributed by atoms with Gasteiger partial charge in [-0.3, -0.25) is 0 Å². The molecule has 3 aromatic rings. The van der Waals surface area contributed by atoms with Gasteiger partial charge in [-0.15, -0.1) is 0 Å². The molecule has 4 heteroatoms. The zero-order valence-corrected chi connectivity index (χ0v) is 23.0. The molecule has 2 aliphatic carbocycles. The van der Waals surface area contributed by atoms with Crippen molar-refractivity contribution in [3.8, 4) is 0 Å². The second-order valence-corrected chi connectivity index (χ2v) is 21.6. The van der Waals surface area contributed by atoms with E-state index in [0.717, 1.165) is 12.2 Å². The quantitative estimate of drug-likeness (QED) is 0.282. The second-order valence-electron chi connectivity index (χ2n) is 9.98. The Hall–Kier alpha value is -2.11. The van der Waals surface area contributed by atoms with Crippen LogP contribution in [0.4, 0.5) is 0 Å². The normalized spacial score (nSPS) is 24.6. The SMILES string of the molecule is COC[C@@H]1[C@@H]2CC[C@@H](C2)[C@H]1[Sn]([c]1ccccc1)([c]1ccccc1)[CH](OC(C)=O)c1ccccc1. The summed E-state index contributed by atoms with van der Waals surface area (Å²) in [6, 6.07) is 32.6. The second kappa shape index (κ2) is 10.2. The molecule has 5 rings (SSSR count). The molecule has 2 saturated carbocycles. The Morgan fingerprint density at radius 2 is 1.38 bits per heavy atom. The maximum atomic E-state index is 12.7. The van der Waals surface area contributed by atoms with Crippen molar-refractivity contribution in [2.45, 2.75) is 34.2 Å². The summed E-state index contributed by atoms with van der Waals surface area (Å²) >= 11 is -3.85. The van der Waals surface area contributed by atoms with Crippen molar-refractivity contribution in [1.29, 1.82) is 0 Å². The molecule has 0 heterocycles. The summed E-state index contributed by atoms with van der Waals surface area (Å²) in [5.74, 6) is 1.66. The summed E-state index contributed by atoms with van der Waals surface area (Å²) in [5.41, 5.74) is 1.13. The van der Waals surface area contributed by atoms with Crippen molar-refractivity contribution in [3.63, 3.8) is 0 Å². The van der Waals surface area contributed by atoms with Gasteiger partial charge in [0.1, 0.15) is 0 Å². The van der Waals surface area contributed by atoms with Crippen LogP contribution in [-0.2, 0) is 14.3 Å². The van der Waals surface area contributed by atoms with E-state index in [2.05, 4.69) is 84.9 Å². The number of fused-ring (bicyclic) bond motifs is 2. The van der Waals surface area contributed by atoms with Gasteiger partial charge in [-0.05, 0) is 0 Å². The molecule has 1 unspecified atom stereocenters. The van der Waals surface area contributed by atoms with Gasteiger partial charge >= 0.3 is 208 Å². The predicted octanol–water partition coefficient (Wildman–Crippen LogP) is 5.16. The fourth-order valence-electron chi connectivity index (χ4n) is 7.23. The van der Waals surface area contributed by atoms with Gasteiger partial charge in [-0.25, -0.2) is 0 Å². The number of ether oxygens (including phenoxy) is 2. The summed E-state index contributed by atoms with van der Waals surface area (Å²) < 4.78 is 15.4. The number of esters is 1. The molecule has 0 aromatic heterocycles. The molecule has 176 valence electrons. The van der Waals surface area contributed by atoms with Gasteiger partial charge in [0.15, 0.2) is 0 Å². The average Bonchev–Trinajstić information content (AvgIpc) is 3.49. The molecule has 0 amide bonds. The van der Waals surface area contributed by atoms with Crippen LogP contribution in [-0.4, -0.2) is 38.1 Å². The molecule has 2 aliphatic rings. The molecule has 0 aliphatic heterocycles. The fraction of sp³-hybridized carbons (Fsp3) is 0.367. The van der Waals surface area contributed by atoms with E-state index in [-0.39, 0.29) is 10.1 Å². The van der Waals surface area contributed by atoms with Gasteiger partial charge in [0.05, 0.1) is 0 Å². The van der Waals surface area contributed by atoms with Crippen molar-refractivity contribution >= 4 is 31.5 Å². The third-order valence-corrected chi connectivity index (χ3v) is 24.8. The zero-order valence-electron chi connectivity index (χ0n) is 20.1. The molecule has 2 fully saturated rings.